The summed E-state index contributed by atoms with van der Waals surface area (Å²) in [5, 5.41) is 13.4. The zero-order valence-corrected chi connectivity index (χ0v) is 8.04. The summed E-state index contributed by atoms with van der Waals surface area (Å²) in [5.41, 5.74) is 1.92. The van der Waals surface area contributed by atoms with Crippen molar-refractivity contribution in [3.63, 3.8) is 0 Å². The maximum absolute atomic E-state index is 11.4. The van der Waals surface area contributed by atoms with Crippen molar-refractivity contribution >= 4 is 11.3 Å². The van der Waals surface area contributed by atoms with Gasteiger partial charge in [-0.2, -0.15) is 4.73 Å². The molecule has 2 nitrogen and oxygen atoms in total. The number of aryl methyl sites for hydroxylation is 1. The summed E-state index contributed by atoms with van der Waals surface area (Å²) in [4.78, 5) is 1.02. The highest BCUT2D eigenvalue weighted by Crippen LogP contribution is 2.23. The quantitative estimate of drug-likeness (QED) is 0.502. The molecule has 3 heteroatoms. The first kappa shape index (κ1) is 8.26. The SMILES string of the molecule is Cc1csc(-c2cccc[n+]2[O-])c1. The van der Waals surface area contributed by atoms with E-state index in [0.29, 0.717) is 0 Å². The van der Waals surface area contributed by atoms with E-state index in [9.17, 15) is 5.21 Å². The van der Waals surface area contributed by atoms with Crippen LogP contribution in [0.25, 0.3) is 10.6 Å². The smallest absolute Gasteiger partial charge is 0.233 e. The van der Waals surface area contributed by atoms with E-state index in [4.69, 9.17) is 0 Å². The van der Waals surface area contributed by atoms with Crippen LogP contribution in [-0.2, 0) is 0 Å². The predicted molar refractivity (Wildman–Crippen MR) is 53.5 cm³/mol. The number of hydrogen-bond donors (Lipinski definition) is 0. The van der Waals surface area contributed by atoms with Gasteiger partial charge in [-0.15, -0.1) is 11.3 Å². The number of thiophene rings is 1. The Bertz CT molecular complexity index is 422. The second-order valence-electron chi connectivity index (χ2n) is 2.90. The van der Waals surface area contributed by atoms with E-state index in [1.165, 1.54) is 11.8 Å². The van der Waals surface area contributed by atoms with Crippen molar-refractivity contribution < 1.29 is 4.73 Å². The fraction of sp³-hybridized carbons (Fsp3) is 0.100. The van der Waals surface area contributed by atoms with Crippen LogP contribution >= 0.6 is 11.3 Å². The third-order valence-corrected chi connectivity index (χ3v) is 2.88. The summed E-state index contributed by atoms with van der Waals surface area (Å²) < 4.78 is 0.894. The predicted octanol–water partition coefficient (Wildman–Crippen LogP) is 2.36. The van der Waals surface area contributed by atoms with Crippen LogP contribution in [0.1, 0.15) is 5.56 Å². The molecule has 0 radical (unpaired) electrons. The molecule has 0 saturated carbocycles. The van der Waals surface area contributed by atoms with E-state index in [1.807, 2.05) is 30.5 Å². The van der Waals surface area contributed by atoms with E-state index >= 15 is 0 Å². The van der Waals surface area contributed by atoms with Crippen molar-refractivity contribution in [2.45, 2.75) is 6.92 Å². The third-order valence-electron chi connectivity index (χ3n) is 1.81. The van der Waals surface area contributed by atoms with Crippen LogP contribution in [0.2, 0.25) is 0 Å². The van der Waals surface area contributed by atoms with Gasteiger partial charge in [0, 0.05) is 12.1 Å². The van der Waals surface area contributed by atoms with Gasteiger partial charge in [0.2, 0.25) is 5.69 Å². The summed E-state index contributed by atoms with van der Waals surface area (Å²) >= 11 is 1.60. The molecular formula is C10H9NOS. The topological polar surface area (TPSA) is 26.9 Å². The Labute approximate surface area is 80.7 Å². The molecule has 13 heavy (non-hydrogen) atoms. The average molecular weight is 191 g/mol. The Morgan fingerprint density at radius 3 is 2.85 bits per heavy atom. The fourth-order valence-corrected chi connectivity index (χ4v) is 2.10. The lowest BCUT2D eigenvalue weighted by Gasteiger charge is -1.99. The Kier molecular flexibility index (Phi) is 2.02. The van der Waals surface area contributed by atoms with Crippen LogP contribution < -0.4 is 4.73 Å². The Morgan fingerprint density at radius 1 is 1.38 bits per heavy atom. The minimum absolute atomic E-state index is 0.723. The molecule has 0 fully saturated rings. The van der Waals surface area contributed by atoms with Crippen LogP contribution in [0, 0.1) is 12.1 Å². The maximum Gasteiger partial charge on any atom is 0.233 e. The van der Waals surface area contributed by atoms with Gasteiger partial charge in [0.1, 0.15) is 4.88 Å². The van der Waals surface area contributed by atoms with Crippen molar-refractivity contribution in [2.24, 2.45) is 0 Å². The van der Waals surface area contributed by atoms with E-state index < -0.39 is 0 Å². The summed E-state index contributed by atoms with van der Waals surface area (Å²) in [7, 11) is 0. The van der Waals surface area contributed by atoms with E-state index in [1.54, 1.807) is 17.4 Å². The van der Waals surface area contributed by atoms with Gasteiger partial charge in [0.25, 0.3) is 0 Å². The van der Waals surface area contributed by atoms with Gasteiger partial charge in [-0.3, -0.25) is 0 Å². The second kappa shape index (κ2) is 3.18. The first-order valence-electron chi connectivity index (χ1n) is 4.01. The molecule has 66 valence electrons. The van der Waals surface area contributed by atoms with Crippen molar-refractivity contribution in [2.75, 3.05) is 0 Å². The lowest BCUT2D eigenvalue weighted by molar-refractivity contribution is -0.593. The van der Waals surface area contributed by atoms with Gasteiger partial charge < -0.3 is 5.21 Å². The molecule has 0 saturated heterocycles. The molecule has 0 aromatic carbocycles. The number of nitrogens with zero attached hydrogens (tertiary/aromatic N) is 1. The van der Waals surface area contributed by atoms with Gasteiger partial charge in [-0.1, -0.05) is 0 Å². The number of rotatable bonds is 1. The molecule has 0 aliphatic rings. The first-order valence-corrected chi connectivity index (χ1v) is 4.89. The molecular weight excluding hydrogens is 182 g/mol. The molecule has 2 aromatic rings. The minimum Gasteiger partial charge on any atom is -0.618 e. The van der Waals surface area contributed by atoms with Crippen LogP contribution in [0.3, 0.4) is 0 Å². The van der Waals surface area contributed by atoms with Crippen molar-refractivity contribution in [1.29, 1.82) is 0 Å². The number of hydrogen-bond acceptors (Lipinski definition) is 2. The van der Waals surface area contributed by atoms with Gasteiger partial charge >= 0.3 is 0 Å². The molecule has 2 rings (SSSR count). The minimum atomic E-state index is 0.723. The van der Waals surface area contributed by atoms with Gasteiger partial charge in [-0.05, 0) is 30.0 Å². The highest BCUT2D eigenvalue weighted by molar-refractivity contribution is 7.13. The number of aromatic nitrogens is 1. The highest BCUT2D eigenvalue weighted by atomic mass is 32.1. The van der Waals surface area contributed by atoms with Crippen LogP contribution in [0.4, 0.5) is 0 Å². The largest absolute Gasteiger partial charge is 0.618 e. The van der Waals surface area contributed by atoms with Crippen LogP contribution in [0.15, 0.2) is 35.8 Å². The maximum atomic E-state index is 11.4. The number of pyridine rings is 1. The molecule has 0 spiro atoms. The molecule has 0 aliphatic carbocycles. The lowest BCUT2D eigenvalue weighted by Crippen LogP contribution is -2.27. The first-order chi connectivity index (χ1) is 6.27. The fourth-order valence-electron chi connectivity index (χ4n) is 1.18. The van der Waals surface area contributed by atoms with Gasteiger partial charge in [0.15, 0.2) is 6.20 Å². The molecule has 0 N–H and O–H groups in total. The molecule has 0 aliphatic heterocycles. The molecule has 2 heterocycles. The highest BCUT2D eigenvalue weighted by Gasteiger charge is 2.08. The van der Waals surface area contributed by atoms with E-state index in [2.05, 4.69) is 0 Å². The van der Waals surface area contributed by atoms with Gasteiger partial charge in [-0.25, -0.2) is 0 Å². The third kappa shape index (κ3) is 1.55. The van der Waals surface area contributed by atoms with E-state index in [-0.39, 0.29) is 0 Å². The summed E-state index contributed by atoms with van der Waals surface area (Å²) in [6.45, 7) is 2.03. The molecule has 2 aromatic heterocycles. The zero-order valence-electron chi connectivity index (χ0n) is 7.23. The lowest BCUT2D eigenvalue weighted by atomic mass is 10.2. The zero-order chi connectivity index (χ0) is 9.26. The summed E-state index contributed by atoms with van der Waals surface area (Å²) in [6, 6.07) is 7.46. The monoisotopic (exact) mass is 191 g/mol. The molecule has 0 atom stereocenters. The van der Waals surface area contributed by atoms with Crippen molar-refractivity contribution in [3.05, 3.63) is 46.6 Å². The Hall–Kier alpha value is -1.35. The molecule has 0 amide bonds. The van der Waals surface area contributed by atoms with Crippen molar-refractivity contribution in [3.8, 4) is 10.6 Å². The summed E-state index contributed by atoms with van der Waals surface area (Å²) in [5.74, 6) is 0. The standard InChI is InChI=1S/C10H9NOS/c1-8-6-10(13-7-8)9-4-2-3-5-11(9)12/h2-7H,1H3. The van der Waals surface area contributed by atoms with Gasteiger partial charge in [0.05, 0.1) is 0 Å². The molecule has 0 bridgehead atoms. The average Bonchev–Trinajstić information content (AvgIpc) is 2.53. The molecule has 0 unspecified atom stereocenters. The van der Waals surface area contributed by atoms with Crippen LogP contribution in [-0.4, -0.2) is 0 Å². The normalized spacial score (nSPS) is 10.2. The Morgan fingerprint density at radius 2 is 2.23 bits per heavy atom. The second-order valence-corrected chi connectivity index (χ2v) is 3.81. The Balaban J connectivity index is 2.52. The van der Waals surface area contributed by atoms with Crippen molar-refractivity contribution in [1.82, 2.24) is 0 Å². The van der Waals surface area contributed by atoms with E-state index in [0.717, 1.165) is 15.3 Å². The summed E-state index contributed by atoms with van der Waals surface area (Å²) in [6.07, 6.45) is 1.52. The van der Waals surface area contributed by atoms with Crippen LogP contribution in [0.5, 0.6) is 0 Å².